The second-order valence-electron chi connectivity index (χ2n) is 11.8. The minimum atomic E-state index is -0.214. The molecule has 9 heteroatoms. The molecule has 2 aromatic carbocycles. The van der Waals surface area contributed by atoms with Crippen LogP contribution >= 0.6 is 0 Å². The minimum absolute atomic E-state index is 0.0123. The number of rotatable bonds is 3. The number of aromatic amines is 1. The molecular formula is C31H33N7O2. The third kappa shape index (κ3) is 4.16. The molecule has 2 aromatic heterocycles. The molecule has 7 rings (SSSR count). The first-order chi connectivity index (χ1) is 19.4. The summed E-state index contributed by atoms with van der Waals surface area (Å²) >= 11 is 0. The van der Waals surface area contributed by atoms with Crippen molar-refractivity contribution in [3.8, 4) is 0 Å². The van der Waals surface area contributed by atoms with Gasteiger partial charge in [-0.15, -0.1) is 0 Å². The molecule has 4 aromatic rings. The summed E-state index contributed by atoms with van der Waals surface area (Å²) in [6.45, 7) is 7.60. The molecule has 40 heavy (non-hydrogen) atoms. The number of nitrogens with one attached hydrogen (secondary N) is 2. The number of pyridine rings is 1. The van der Waals surface area contributed by atoms with Gasteiger partial charge in [-0.05, 0) is 36.6 Å². The van der Waals surface area contributed by atoms with Gasteiger partial charge in [0.1, 0.15) is 5.82 Å². The number of nitrogens with zero attached hydrogens (tertiary/aromatic N) is 5. The van der Waals surface area contributed by atoms with Crippen LogP contribution in [0.5, 0.6) is 0 Å². The van der Waals surface area contributed by atoms with E-state index in [0.29, 0.717) is 25.2 Å². The zero-order valence-electron chi connectivity index (χ0n) is 22.9. The number of fused-ring (bicyclic) bond motifs is 3. The fourth-order valence-corrected chi connectivity index (χ4v) is 6.57. The molecule has 1 saturated heterocycles. The normalized spacial score (nSPS) is 18.9. The van der Waals surface area contributed by atoms with Crippen LogP contribution in [0.3, 0.4) is 0 Å². The average molecular weight is 536 g/mol. The molecule has 5 heterocycles. The SMILES string of the molecule is CC1(C)CN(C(=O)c2cc(N3CCC(N4Cc5ccccc5NC4=O)CC3)nc3ccccc23)Cc2cn[nH]c21. The lowest BCUT2D eigenvalue weighted by atomic mass is 9.83. The molecule has 0 aliphatic carbocycles. The largest absolute Gasteiger partial charge is 0.356 e. The van der Waals surface area contributed by atoms with Gasteiger partial charge in [-0.1, -0.05) is 50.2 Å². The quantitative estimate of drug-likeness (QED) is 0.389. The van der Waals surface area contributed by atoms with Crippen molar-refractivity contribution in [3.63, 3.8) is 0 Å². The number of H-pyrrole nitrogens is 1. The summed E-state index contributed by atoms with van der Waals surface area (Å²) in [6.07, 6.45) is 3.52. The highest BCUT2D eigenvalue weighted by Gasteiger charge is 2.37. The van der Waals surface area contributed by atoms with Crippen LogP contribution in [0.15, 0.2) is 60.8 Å². The molecule has 0 radical (unpaired) electrons. The van der Waals surface area contributed by atoms with E-state index in [4.69, 9.17) is 4.98 Å². The van der Waals surface area contributed by atoms with Crippen LogP contribution in [-0.2, 0) is 18.5 Å². The fraction of sp³-hybridized carbons (Fsp3) is 0.355. The van der Waals surface area contributed by atoms with Gasteiger partial charge in [-0.3, -0.25) is 9.89 Å². The third-order valence-corrected chi connectivity index (χ3v) is 8.65. The molecule has 3 aliphatic heterocycles. The van der Waals surface area contributed by atoms with Gasteiger partial charge in [0.15, 0.2) is 0 Å². The van der Waals surface area contributed by atoms with Gasteiger partial charge in [-0.2, -0.15) is 5.10 Å². The molecular weight excluding hydrogens is 502 g/mol. The predicted octanol–water partition coefficient (Wildman–Crippen LogP) is 4.91. The van der Waals surface area contributed by atoms with Crippen LogP contribution in [0.25, 0.3) is 10.9 Å². The molecule has 0 atom stereocenters. The summed E-state index contributed by atoms with van der Waals surface area (Å²) in [4.78, 5) is 38.1. The van der Waals surface area contributed by atoms with Crippen molar-refractivity contribution in [1.29, 1.82) is 0 Å². The first-order valence-corrected chi connectivity index (χ1v) is 14.0. The van der Waals surface area contributed by atoms with Gasteiger partial charge >= 0.3 is 6.03 Å². The summed E-state index contributed by atoms with van der Waals surface area (Å²) in [5.74, 6) is 0.826. The van der Waals surface area contributed by atoms with Gasteiger partial charge < -0.3 is 20.0 Å². The van der Waals surface area contributed by atoms with Crippen LogP contribution in [0.4, 0.5) is 16.3 Å². The van der Waals surface area contributed by atoms with E-state index >= 15 is 0 Å². The number of amides is 3. The lowest BCUT2D eigenvalue weighted by Gasteiger charge is -2.41. The van der Waals surface area contributed by atoms with E-state index in [0.717, 1.165) is 65.2 Å². The molecule has 204 valence electrons. The Bertz CT molecular complexity index is 1620. The Hall–Kier alpha value is -4.40. The standard InChI is InChI=1S/C31H33N7O2/c1-31(2)19-37(17-21-16-32-35-28(21)31)29(39)24-15-27(33-26-10-6-4-8-23(24)26)36-13-11-22(12-14-36)38-18-20-7-3-5-9-25(20)34-30(38)40/h3-10,15-16,22H,11-14,17-19H2,1-2H3,(H,32,35)(H,34,40). The highest BCUT2D eigenvalue weighted by Crippen LogP contribution is 2.34. The fourth-order valence-electron chi connectivity index (χ4n) is 6.57. The zero-order chi connectivity index (χ0) is 27.4. The van der Waals surface area contributed by atoms with E-state index in [1.54, 1.807) is 0 Å². The highest BCUT2D eigenvalue weighted by molar-refractivity contribution is 6.07. The minimum Gasteiger partial charge on any atom is -0.356 e. The van der Waals surface area contributed by atoms with Crippen LogP contribution < -0.4 is 10.2 Å². The van der Waals surface area contributed by atoms with Gasteiger partial charge in [0.25, 0.3) is 5.91 Å². The number of carbonyl (C=O) groups excluding carboxylic acids is 2. The second kappa shape index (κ2) is 9.36. The van der Waals surface area contributed by atoms with Gasteiger partial charge in [0.05, 0.1) is 17.3 Å². The van der Waals surface area contributed by atoms with E-state index in [1.807, 2.05) is 64.5 Å². The average Bonchev–Trinajstić information content (AvgIpc) is 3.46. The monoisotopic (exact) mass is 535 g/mol. The van der Waals surface area contributed by atoms with Crippen molar-refractivity contribution in [2.45, 2.75) is 51.2 Å². The third-order valence-electron chi connectivity index (χ3n) is 8.65. The molecule has 3 amide bonds. The Morgan fingerprint density at radius 3 is 2.62 bits per heavy atom. The second-order valence-corrected chi connectivity index (χ2v) is 11.8. The Labute approximate surface area is 233 Å². The molecule has 0 saturated carbocycles. The maximum absolute atomic E-state index is 14.1. The predicted molar refractivity (Wildman–Crippen MR) is 154 cm³/mol. The number of hydrogen-bond donors (Lipinski definition) is 2. The van der Waals surface area contributed by atoms with Crippen LogP contribution in [-0.4, -0.2) is 62.6 Å². The Balaban J connectivity index is 1.13. The molecule has 2 N–H and O–H groups in total. The summed E-state index contributed by atoms with van der Waals surface area (Å²) in [7, 11) is 0. The number of carbonyl (C=O) groups is 2. The molecule has 9 nitrogen and oxygen atoms in total. The summed E-state index contributed by atoms with van der Waals surface area (Å²) in [5.41, 5.74) is 5.50. The van der Waals surface area contributed by atoms with E-state index < -0.39 is 0 Å². The van der Waals surface area contributed by atoms with Gasteiger partial charge in [0, 0.05) is 66.5 Å². The number of piperidine rings is 1. The van der Waals surface area contributed by atoms with E-state index in [-0.39, 0.29) is 23.4 Å². The van der Waals surface area contributed by atoms with Crippen LogP contribution in [0.2, 0.25) is 0 Å². The first-order valence-electron chi connectivity index (χ1n) is 14.0. The first kappa shape index (κ1) is 24.6. The Morgan fingerprint density at radius 1 is 1.00 bits per heavy atom. The van der Waals surface area contributed by atoms with E-state index in [2.05, 4.69) is 40.3 Å². The van der Waals surface area contributed by atoms with Crippen molar-refractivity contribution in [1.82, 2.24) is 25.0 Å². The molecule has 0 spiro atoms. The topological polar surface area (TPSA) is 97.5 Å². The van der Waals surface area contributed by atoms with Crippen molar-refractivity contribution < 1.29 is 9.59 Å². The molecule has 0 unspecified atom stereocenters. The number of para-hydroxylation sites is 2. The Morgan fingerprint density at radius 2 is 1.77 bits per heavy atom. The summed E-state index contributed by atoms with van der Waals surface area (Å²) < 4.78 is 0. The lowest BCUT2D eigenvalue weighted by molar-refractivity contribution is 0.0686. The Kier molecular flexibility index (Phi) is 5.76. The van der Waals surface area contributed by atoms with Crippen molar-refractivity contribution >= 4 is 34.3 Å². The van der Waals surface area contributed by atoms with Crippen LogP contribution in [0, 0.1) is 0 Å². The smallest absolute Gasteiger partial charge is 0.322 e. The van der Waals surface area contributed by atoms with Crippen molar-refractivity contribution in [3.05, 3.63) is 83.2 Å². The number of urea groups is 1. The maximum atomic E-state index is 14.1. The van der Waals surface area contributed by atoms with Crippen molar-refractivity contribution in [2.24, 2.45) is 0 Å². The maximum Gasteiger partial charge on any atom is 0.322 e. The van der Waals surface area contributed by atoms with E-state index in [9.17, 15) is 9.59 Å². The molecule has 3 aliphatic rings. The molecule has 0 bridgehead atoms. The van der Waals surface area contributed by atoms with Gasteiger partial charge in [-0.25, -0.2) is 9.78 Å². The summed E-state index contributed by atoms with van der Waals surface area (Å²) in [5, 5.41) is 11.3. The highest BCUT2D eigenvalue weighted by atomic mass is 16.2. The number of benzene rings is 2. The van der Waals surface area contributed by atoms with Crippen molar-refractivity contribution in [2.75, 3.05) is 29.9 Å². The number of hydrogen-bond acceptors (Lipinski definition) is 5. The van der Waals surface area contributed by atoms with Crippen LogP contribution in [0.1, 0.15) is 53.9 Å². The van der Waals surface area contributed by atoms with E-state index in [1.165, 1.54) is 0 Å². The molecule has 1 fully saturated rings. The number of aromatic nitrogens is 3. The number of anilines is 2. The summed E-state index contributed by atoms with van der Waals surface area (Å²) in [6, 6.07) is 18.0. The van der Waals surface area contributed by atoms with Gasteiger partial charge in [0.2, 0.25) is 0 Å². The lowest BCUT2D eigenvalue weighted by Crippen LogP contribution is -2.50. The zero-order valence-corrected chi connectivity index (χ0v) is 22.9.